The van der Waals surface area contributed by atoms with Crippen LogP contribution in [-0.4, -0.2) is 11.9 Å². The van der Waals surface area contributed by atoms with E-state index in [2.05, 4.69) is 78.5 Å². The van der Waals surface area contributed by atoms with E-state index in [1.807, 2.05) is 24.3 Å². The van der Waals surface area contributed by atoms with Crippen LogP contribution in [0.1, 0.15) is 101 Å². The Kier molecular flexibility index (Phi) is 19.8. The first kappa shape index (κ1) is 47.5. The molecule has 0 unspecified atom stereocenters. The minimum Gasteiger partial charge on any atom is -0.423 e. The number of aryl methyl sites for hydroxylation is 2. The van der Waals surface area contributed by atoms with E-state index in [0.29, 0.717) is 11.1 Å². The van der Waals surface area contributed by atoms with Crippen molar-refractivity contribution in [2.24, 2.45) is 0 Å². The molecule has 61 heavy (non-hydrogen) atoms. The molecule has 0 radical (unpaired) electrons. The normalized spacial score (nSPS) is 10.1. The molecule has 6 aromatic rings. The Morgan fingerprint density at radius 2 is 0.885 bits per heavy atom. The molecule has 0 amide bonds. The minimum atomic E-state index is -1.07. The van der Waals surface area contributed by atoms with Gasteiger partial charge >= 0.3 is 11.9 Å². The molecule has 0 fully saturated rings. The van der Waals surface area contributed by atoms with Gasteiger partial charge in [0.05, 0.1) is 11.1 Å². The highest BCUT2D eigenvalue weighted by atomic mass is 127. The highest BCUT2D eigenvalue weighted by Crippen LogP contribution is 2.19. The lowest BCUT2D eigenvalue weighted by atomic mass is 10.1. The summed E-state index contributed by atoms with van der Waals surface area (Å²) in [7, 11) is 0. The fourth-order valence-corrected chi connectivity index (χ4v) is 5.87. The van der Waals surface area contributed by atoms with Gasteiger partial charge in [0.2, 0.25) is 0 Å². The molecule has 0 spiro atoms. The van der Waals surface area contributed by atoms with Gasteiger partial charge in [-0.2, -0.15) is 0 Å². The maximum Gasteiger partial charge on any atom is 0.343 e. The molecule has 6 rings (SSSR count). The van der Waals surface area contributed by atoms with Crippen LogP contribution in [0.25, 0.3) is 0 Å². The SMILES string of the molecule is C#Cc1ccc(CCCCC)cc1.CCCCCc1ccc(C#Cc2ccc(C(=O)Oc3ccc(F)c(F)c3)cc2)cc1.O=C(Oc1ccc(F)c(F)c1)c1ccc(I)cc1. The van der Waals surface area contributed by atoms with Crippen molar-refractivity contribution >= 4 is 34.5 Å². The summed E-state index contributed by atoms with van der Waals surface area (Å²) in [5.41, 5.74) is 6.01. The van der Waals surface area contributed by atoms with Gasteiger partial charge in [0.15, 0.2) is 23.3 Å². The fourth-order valence-electron chi connectivity index (χ4n) is 5.51. The lowest BCUT2D eigenvalue weighted by Crippen LogP contribution is -2.08. The third kappa shape index (κ3) is 16.8. The van der Waals surface area contributed by atoms with Crippen LogP contribution in [0.2, 0.25) is 0 Å². The van der Waals surface area contributed by atoms with Gasteiger partial charge < -0.3 is 9.47 Å². The number of carbonyl (C=O) groups is 2. The molecule has 0 aliphatic rings. The van der Waals surface area contributed by atoms with Crippen molar-refractivity contribution in [2.45, 2.75) is 65.2 Å². The predicted octanol–water partition coefficient (Wildman–Crippen LogP) is 13.5. The van der Waals surface area contributed by atoms with Gasteiger partial charge in [0.25, 0.3) is 0 Å². The molecule has 0 bridgehead atoms. The standard InChI is InChI=1S/C26H22F2O2.C13H7F2IO2.C13H16/c1-2-3-4-5-19-6-8-20(9-7-19)10-11-21-12-14-22(15-13-21)26(29)30-23-16-17-24(27)25(28)18-23;14-11-6-5-10(7-12(11)15)18-13(17)8-1-3-9(16)4-2-8;1-3-5-6-7-13-10-8-12(4-2)9-11-13/h6-9,12-18H,2-5H2,1H3;1-7H;2,8-11H,3,5-7H2,1H3. The van der Waals surface area contributed by atoms with Crippen LogP contribution < -0.4 is 9.47 Å². The van der Waals surface area contributed by atoms with Gasteiger partial charge in [-0.25, -0.2) is 27.2 Å². The van der Waals surface area contributed by atoms with Crippen LogP contribution in [0, 0.1) is 51.0 Å². The van der Waals surface area contributed by atoms with Crippen molar-refractivity contribution < 1.29 is 36.6 Å². The zero-order chi connectivity index (χ0) is 44.0. The molecule has 0 saturated heterocycles. The van der Waals surface area contributed by atoms with Gasteiger partial charge in [0, 0.05) is 32.4 Å². The molecule has 4 nitrogen and oxygen atoms in total. The Balaban J connectivity index is 0.000000223. The van der Waals surface area contributed by atoms with Gasteiger partial charge in [-0.1, -0.05) is 81.6 Å². The van der Waals surface area contributed by atoms with E-state index in [0.717, 1.165) is 50.9 Å². The maximum absolute atomic E-state index is 13.2. The number of hydrogen-bond acceptors (Lipinski definition) is 4. The molecular weight excluding hydrogens is 891 g/mol. The van der Waals surface area contributed by atoms with E-state index < -0.39 is 35.2 Å². The smallest absolute Gasteiger partial charge is 0.343 e. The van der Waals surface area contributed by atoms with Gasteiger partial charge in [0.1, 0.15) is 11.5 Å². The lowest BCUT2D eigenvalue weighted by molar-refractivity contribution is 0.0724. The Morgan fingerprint density at radius 3 is 1.26 bits per heavy atom. The Bertz CT molecular complexity index is 2430. The largest absolute Gasteiger partial charge is 0.423 e. The zero-order valence-electron chi connectivity index (χ0n) is 34.0. The minimum absolute atomic E-state index is 0.0301. The summed E-state index contributed by atoms with van der Waals surface area (Å²) in [6, 6.07) is 35.7. The predicted molar refractivity (Wildman–Crippen MR) is 241 cm³/mol. The van der Waals surface area contributed by atoms with Crippen LogP contribution in [-0.2, 0) is 12.8 Å². The summed E-state index contributed by atoms with van der Waals surface area (Å²) < 4.78 is 62.8. The van der Waals surface area contributed by atoms with Crippen molar-refractivity contribution in [1.82, 2.24) is 0 Å². The number of rotatable bonds is 12. The summed E-state index contributed by atoms with van der Waals surface area (Å²) in [5, 5.41) is 0. The highest BCUT2D eigenvalue weighted by molar-refractivity contribution is 14.1. The van der Waals surface area contributed by atoms with Gasteiger partial charge in [-0.15, -0.1) is 6.42 Å². The van der Waals surface area contributed by atoms with E-state index in [9.17, 15) is 27.2 Å². The van der Waals surface area contributed by atoms with Crippen LogP contribution >= 0.6 is 22.6 Å². The Labute approximate surface area is 369 Å². The number of ether oxygens (including phenoxy) is 2. The topological polar surface area (TPSA) is 52.6 Å². The van der Waals surface area contributed by atoms with E-state index in [4.69, 9.17) is 15.9 Å². The first-order valence-electron chi connectivity index (χ1n) is 19.8. The van der Waals surface area contributed by atoms with Crippen molar-refractivity contribution in [3.63, 3.8) is 0 Å². The van der Waals surface area contributed by atoms with Crippen LogP contribution in [0.3, 0.4) is 0 Å². The third-order valence-corrected chi connectivity index (χ3v) is 9.69. The first-order valence-corrected chi connectivity index (χ1v) is 20.9. The molecule has 0 heterocycles. The van der Waals surface area contributed by atoms with Crippen molar-refractivity contribution in [2.75, 3.05) is 0 Å². The summed E-state index contributed by atoms with van der Waals surface area (Å²) in [5.74, 6) is 3.35. The van der Waals surface area contributed by atoms with E-state index in [-0.39, 0.29) is 11.5 Å². The van der Waals surface area contributed by atoms with Crippen molar-refractivity contribution in [1.29, 1.82) is 0 Å². The van der Waals surface area contributed by atoms with E-state index in [1.165, 1.54) is 68.2 Å². The molecular formula is C52H45F4IO4. The van der Waals surface area contributed by atoms with Crippen molar-refractivity contribution in [3.05, 3.63) is 199 Å². The number of halogens is 5. The molecule has 0 N–H and O–H groups in total. The highest BCUT2D eigenvalue weighted by Gasteiger charge is 2.12. The second kappa shape index (κ2) is 25.5. The fraction of sp³-hybridized carbons (Fsp3) is 0.192. The van der Waals surface area contributed by atoms with Gasteiger partial charge in [-0.05, 0) is 156 Å². The lowest BCUT2D eigenvalue weighted by Gasteiger charge is -2.04. The number of unbranched alkanes of at least 4 members (excludes halogenated alkanes) is 4. The number of esters is 2. The summed E-state index contributed by atoms with van der Waals surface area (Å²) in [6.07, 6.45) is 15.1. The number of hydrogen-bond donors (Lipinski definition) is 0. The van der Waals surface area contributed by atoms with Crippen LogP contribution in [0.5, 0.6) is 11.5 Å². The molecule has 6 aromatic carbocycles. The van der Waals surface area contributed by atoms with Crippen molar-refractivity contribution in [3.8, 4) is 35.7 Å². The Hall–Kier alpha value is -6.17. The summed E-state index contributed by atoms with van der Waals surface area (Å²) >= 11 is 2.11. The maximum atomic E-state index is 13.2. The number of benzene rings is 6. The molecule has 0 atom stereocenters. The van der Waals surface area contributed by atoms with E-state index >= 15 is 0 Å². The Morgan fingerprint density at radius 1 is 0.508 bits per heavy atom. The monoisotopic (exact) mass is 936 g/mol. The zero-order valence-corrected chi connectivity index (χ0v) is 36.1. The van der Waals surface area contributed by atoms with E-state index in [1.54, 1.807) is 48.5 Å². The number of terminal acetylenes is 1. The molecule has 0 aromatic heterocycles. The summed E-state index contributed by atoms with van der Waals surface area (Å²) in [4.78, 5) is 23.8. The van der Waals surface area contributed by atoms with Gasteiger partial charge in [-0.3, -0.25) is 0 Å². The summed E-state index contributed by atoms with van der Waals surface area (Å²) in [6.45, 7) is 4.42. The first-order chi connectivity index (χ1) is 29.5. The third-order valence-electron chi connectivity index (χ3n) is 8.97. The molecule has 0 aliphatic heterocycles. The second-order valence-electron chi connectivity index (χ2n) is 13.7. The quantitative estimate of drug-likeness (QED) is 0.0306. The molecule has 0 aliphatic carbocycles. The average molecular weight is 937 g/mol. The molecule has 312 valence electrons. The van der Waals surface area contributed by atoms with Crippen LogP contribution in [0.15, 0.2) is 133 Å². The molecule has 9 heteroatoms. The molecule has 0 saturated carbocycles. The second-order valence-corrected chi connectivity index (χ2v) is 15.0. The number of carbonyl (C=O) groups excluding carboxylic acids is 2. The van der Waals surface area contributed by atoms with Crippen LogP contribution in [0.4, 0.5) is 17.6 Å². The average Bonchev–Trinajstić information content (AvgIpc) is 3.27.